The number of anilines is 3. The molecule has 0 atom stereocenters. The largest absolute Gasteiger partial charge is 0.396 e. The van der Waals surface area contributed by atoms with Crippen LogP contribution in [0.5, 0.6) is 0 Å². The Kier molecular flexibility index (Phi) is 3.69. The summed E-state index contributed by atoms with van der Waals surface area (Å²) in [6, 6.07) is 10.7. The SMILES string of the molecule is Cc1cccc(N2CCN(c3ncc(C)cc3N)CC2)c1. The molecule has 0 aliphatic carbocycles. The second kappa shape index (κ2) is 5.64. The van der Waals surface area contributed by atoms with Crippen molar-refractivity contribution >= 4 is 17.2 Å². The Hall–Kier alpha value is -2.23. The van der Waals surface area contributed by atoms with Crippen LogP contribution in [0, 0.1) is 13.8 Å². The summed E-state index contributed by atoms with van der Waals surface area (Å²) in [4.78, 5) is 9.20. The second-order valence-corrected chi connectivity index (χ2v) is 5.74. The summed E-state index contributed by atoms with van der Waals surface area (Å²) in [7, 11) is 0. The highest BCUT2D eigenvalue weighted by Crippen LogP contribution is 2.24. The van der Waals surface area contributed by atoms with Crippen LogP contribution in [-0.4, -0.2) is 31.2 Å². The van der Waals surface area contributed by atoms with Crippen LogP contribution in [0.2, 0.25) is 0 Å². The zero-order valence-electron chi connectivity index (χ0n) is 12.7. The van der Waals surface area contributed by atoms with E-state index < -0.39 is 0 Å². The van der Waals surface area contributed by atoms with Gasteiger partial charge < -0.3 is 15.5 Å². The number of hydrogen-bond donors (Lipinski definition) is 1. The van der Waals surface area contributed by atoms with E-state index in [2.05, 4.69) is 46.0 Å². The molecule has 3 rings (SSSR count). The van der Waals surface area contributed by atoms with Crippen LogP contribution in [0.3, 0.4) is 0 Å². The Labute approximate surface area is 126 Å². The van der Waals surface area contributed by atoms with Crippen molar-refractivity contribution in [2.75, 3.05) is 41.7 Å². The lowest BCUT2D eigenvalue weighted by molar-refractivity contribution is 0.648. The Morgan fingerprint density at radius 3 is 2.33 bits per heavy atom. The van der Waals surface area contributed by atoms with E-state index in [0.717, 1.165) is 43.2 Å². The third-order valence-electron chi connectivity index (χ3n) is 3.98. The Morgan fingerprint density at radius 1 is 0.952 bits per heavy atom. The first-order chi connectivity index (χ1) is 10.1. The van der Waals surface area contributed by atoms with Crippen LogP contribution in [0.1, 0.15) is 11.1 Å². The molecule has 0 saturated carbocycles. The monoisotopic (exact) mass is 282 g/mol. The minimum absolute atomic E-state index is 0.777. The van der Waals surface area contributed by atoms with Crippen molar-refractivity contribution in [2.24, 2.45) is 0 Å². The topological polar surface area (TPSA) is 45.4 Å². The molecule has 1 saturated heterocycles. The normalized spacial score (nSPS) is 15.3. The highest BCUT2D eigenvalue weighted by Gasteiger charge is 2.19. The lowest BCUT2D eigenvalue weighted by Gasteiger charge is -2.37. The van der Waals surface area contributed by atoms with Gasteiger partial charge in [-0.05, 0) is 43.2 Å². The zero-order valence-corrected chi connectivity index (χ0v) is 12.7. The molecule has 110 valence electrons. The molecular weight excluding hydrogens is 260 g/mol. The quantitative estimate of drug-likeness (QED) is 0.919. The molecular formula is C17H22N4. The highest BCUT2D eigenvalue weighted by atomic mass is 15.3. The molecule has 0 bridgehead atoms. The molecule has 1 aliphatic rings. The summed E-state index contributed by atoms with van der Waals surface area (Å²) in [5, 5.41) is 0. The first-order valence-corrected chi connectivity index (χ1v) is 7.42. The van der Waals surface area contributed by atoms with Crippen LogP contribution in [0.4, 0.5) is 17.2 Å². The number of piperazine rings is 1. The number of aryl methyl sites for hydroxylation is 2. The van der Waals surface area contributed by atoms with Gasteiger partial charge in [0.15, 0.2) is 5.82 Å². The van der Waals surface area contributed by atoms with Crippen LogP contribution < -0.4 is 15.5 Å². The van der Waals surface area contributed by atoms with Crippen molar-refractivity contribution in [2.45, 2.75) is 13.8 Å². The summed E-state index contributed by atoms with van der Waals surface area (Å²) < 4.78 is 0. The van der Waals surface area contributed by atoms with Crippen molar-refractivity contribution in [1.29, 1.82) is 0 Å². The number of rotatable bonds is 2. The van der Waals surface area contributed by atoms with Crippen molar-refractivity contribution in [3.8, 4) is 0 Å². The van der Waals surface area contributed by atoms with E-state index in [0.29, 0.717) is 0 Å². The van der Waals surface area contributed by atoms with E-state index >= 15 is 0 Å². The molecule has 0 unspecified atom stereocenters. The summed E-state index contributed by atoms with van der Waals surface area (Å²) >= 11 is 0. The minimum Gasteiger partial charge on any atom is -0.396 e. The maximum atomic E-state index is 6.10. The third-order valence-corrected chi connectivity index (χ3v) is 3.98. The van der Waals surface area contributed by atoms with E-state index in [1.807, 2.05) is 19.2 Å². The van der Waals surface area contributed by atoms with Crippen LogP contribution in [0.25, 0.3) is 0 Å². The molecule has 2 aromatic rings. The van der Waals surface area contributed by atoms with Gasteiger partial charge in [-0.2, -0.15) is 0 Å². The first kappa shape index (κ1) is 13.7. The maximum Gasteiger partial charge on any atom is 0.151 e. The van der Waals surface area contributed by atoms with Crippen LogP contribution in [-0.2, 0) is 0 Å². The fourth-order valence-electron chi connectivity index (χ4n) is 2.85. The van der Waals surface area contributed by atoms with Crippen LogP contribution >= 0.6 is 0 Å². The smallest absolute Gasteiger partial charge is 0.151 e. The molecule has 2 N–H and O–H groups in total. The van der Waals surface area contributed by atoms with Crippen molar-refractivity contribution in [3.63, 3.8) is 0 Å². The number of nitrogens with two attached hydrogens (primary N) is 1. The molecule has 4 nitrogen and oxygen atoms in total. The first-order valence-electron chi connectivity index (χ1n) is 7.42. The molecule has 0 amide bonds. The molecule has 0 spiro atoms. The fourth-order valence-corrected chi connectivity index (χ4v) is 2.85. The molecule has 1 aromatic heterocycles. The van der Waals surface area contributed by atoms with Crippen molar-refractivity contribution < 1.29 is 0 Å². The number of benzene rings is 1. The summed E-state index contributed by atoms with van der Waals surface area (Å²) in [6.07, 6.45) is 1.89. The number of nitrogens with zero attached hydrogens (tertiary/aromatic N) is 3. The molecule has 2 heterocycles. The average Bonchev–Trinajstić information content (AvgIpc) is 2.47. The molecule has 21 heavy (non-hydrogen) atoms. The summed E-state index contributed by atoms with van der Waals surface area (Å²) in [5.74, 6) is 0.921. The van der Waals surface area contributed by atoms with Gasteiger partial charge in [0, 0.05) is 38.1 Å². The molecule has 1 aliphatic heterocycles. The summed E-state index contributed by atoms with van der Waals surface area (Å²) in [6.45, 7) is 8.05. The number of hydrogen-bond acceptors (Lipinski definition) is 4. The number of nitrogen functional groups attached to an aromatic ring is 1. The average molecular weight is 282 g/mol. The minimum atomic E-state index is 0.777. The molecule has 0 radical (unpaired) electrons. The zero-order chi connectivity index (χ0) is 14.8. The fraction of sp³-hybridized carbons (Fsp3) is 0.353. The Bertz CT molecular complexity index is 630. The Morgan fingerprint density at radius 2 is 1.67 bits per heavy atom. The molecule has 1 fully saturated rings. The summed E-state index contributed by atoms with van der Waals surface area (Å²) in [5.41, 5.74) is 10.6. The predicted octanol–water partition coefficient (Wildman–Crippen LogP) is 2.61. The lowest BCUT2D eigenvalue weighted by atomic mass is 10.2. The van der Waals surface area contributed by atoms with E-state index in [1.54, 1.807) is 0 Å². The molecule has 4 heteroatoms. The van der Waals surface area contributed by atoms with Gasteiger partial charge in [-0.15, -0.1) is 0 Å². The van der Waals surface area contributed by atoms with Crippen molar-refractivity contribution in [3.05, 3.63) is 47.7 Å². The van der Waals surface area contributed by atoms with Gasteiger partial charge in [-0.1, -0.05) is 12.1 Å². The van der Waals surface area contributed by atoms with Crippen molar-refractivity contribution in [1.82, 2.24) is 4.98 Å². The van der Waals surface area contributed by atoms with E-state index in [9.17, 15) is 0 Å². The standard InChI is InChI=1S/C17H22N4/c1-13-4-3-5-15(10-13)20-6-8-21(9-7-20)17-16(18)11-14(2)12-19-17/h3-5,10-12H,6-9,18H2,1-2H3. The van der Waals surface area contributed by atoms with Gasteiger partial charge in [0.05, 0.1) is 5.69 Å². The van der Waals surface area contributed by atoms with E-state index in [1.165, 1.54) is 11.3 Å². The third kappa shape index (κ3) is 2.94. The van der Waals surface area contributed by atoms with Gasteiger partial charge in [0.2, 0.25) is 0 Å². The highest BCUT2D eigenvalue weighted by molar-refractivity contribution is 5.64. The Balaban J connectivity index is 1.70. The van der Waals surface area contributed by atoms with Gasteiger partial charge >= 0.3 is 0 Å². The molecule has 1 aromatic carbocycles. The van der Waals surface area contributed by atoms with Gasteiger partial charge in [0.1, 0.15) is 0 Å². The van der Waals surface area contributed by atoms with E-state index in [4.69, 9.17) is 5.73 Å². The van der Waals surface area contributed by atoms with Gasteiger partial charge in [0.25, 0.3) is 0 Å². The van der Waals surface area contributed by atoms with Gasteiger partial charge in [-0.25, -0.2) is 4.98 Å². The lowest BCUT2D eigenvalue weighted by Crippen LogP contribution is -2.47. The number of aromatic nitrogens is 1. The maximum absolute atomic E-state index is 6.10. The number of pyridine rings is 1. The van der Waals surface area contributed by atoms with E-state index in [-0.39, 0.29) is 0 Å². The predicted molar refractivity (Wildman–Crippen MR) is 89.0 cm³/mol. The van der Waals surface area contributed by atoms with Gasteiger partial charge in [-0.3, -0.25) is 0 Å². The van der Waals surface area contributed by atoms with Crippen LogP contribution in [0.15, 0.2) is 36.5 Å². The second-order valence-electron chi connectivity index (χ2n) is 5.74.